The summed E-state index contributed by atoms with van der Waals surface area (Å²) in [6, 6.07) is 12.0. The van der Waals surface area contributed by atoms with Crippen molar-refractivity contribution in [3.8, 4) is 5.75 Å². The molecule has 0 fully saturated rings. The zero-order valence-electron chi connectivity index (χ0n) is 18.1. The number of hydrogen-bond donors (Lipinski definition) is 2. The van der Waals surface area contributed by atoms with E-state index < -0.39 is 5.63 Å². The molecule has 0 saturated carbocycles. The average molecular weight is 422 g/mol. The molecule has 0 bridgehead atoms. The van der Waals surface area contributed by atoms with Crippen LogP contribution in [0.1, 0.15) is 41.8 Å². The van der Waals surface area contributed by atoms with Crippen LogP contribution in [0.25, 0.3) is 11.0 Å². The molecule has 0 aliphatic carbocycles. The van der Waals surface area contributed by atoms with Gasteiger partial charge in [0, 0.05) is 40.7 Å². The SMILES string of the molecule is COc1ccc2c(C)c(CCC(=O)Nc3ccc(C(=O)NC(C)C)cc3)c(=O)oc2c1. The summed E-state index contributed by atoms with van der Waals surface area (Å²) >= 11 is 0. The largest absolute Gasteiger partial charge is 0.497 e. The number of nitrogens with one attached hydrogen (secondary N) is 2. The highest BCUT2D eigenvalue weighted by Crippen LogP contribution is 2.24. The molecule has 0 aliphatic heterocycles. The molecule has 0 aliphatic rings. The molecule has 0 saturated heterocycles. The average Bonchev–Trinajstić information content (AvgIpc) is 2.73. The van der Waals surface area contributed by atoms with Crippen LogP contribution in [0.3, 0.4) is 0 Å². The summed E-state index contributed by atoms with van der Waals surface area (Å²) in [4.78, 5) is 36.8. The highest BCUT2D eigenvalue weighted by atomic mass is 16.5. The topological polar surface area (TPSA) is 97.6 Å². The molecule has 1 heterocycles. The van der Waals surface area contributed by atoms with E-state index in [9.17, 15) is 14.4 Å². The van der Waals surface area contributed by atoms with Crippen LogP contribution in [0.5, 0.6) is 5.75 Å². The second-order valence-electron chi connectivity index (χ2n) is 7.61. The number of anilines is 1. The second kappa shape index (κ2) is 9.47. The smallest absolute Gasteiger partial charge is 0.339 e. The molecule has 1 aromatic heterocycles. The lowest BCUT2D eigenvalue weighted by Gasteiger charge is -2.10. The molecule has 0 spiro atoms. The van der Waals surface area contributed by atoms with Crippen LogP contribution in [-0.4, -0.2) is 25.0 Å². The molecule has 2 amide bonds. The molecule has 0 atom stereocenters. The Labute approximate surface area is 180 Å². The molecule has 0 unspecified atom stereocenters. The number of ether oxygens (including phenoxy) is 1. The lowest BCUT2D eigenvalue weighted by atomic mass is 10.0. The molecule has 7 heteroatoms. The van der Waals surface area contributed by atoms with Crippen molar-refractivity contribution in [2.24, 2.45) is 0 Å². The van der Waals surface area contributed by atoms with Crippen molar-refractivity contribution in [1.29, 1.82) is 0 Å². The minimum Gasteiger partial charge on any atom is -0.497 e. The zero-order chi connectivity index (χ0) is 22.5. The summed E-state index contributed by atoms with van der Waals surface area (Å²) in [6.07, 6.45) is 0.389. The number of aryl methyl sites for hydroxylation is 1. The van der Waals surface area contributed by atoms with Gasteiger partial charge in [-0.05, 0) is 69.2 Å². The maximum absolute atomic E-state index is 12.4. The molecule has 2 aromatic carbocycles. The molecule has 162 valence electrons. The maximum Gasteiger partial charge on any atom is 0.339 e. The summed E-state index contributed by atoms with van der Waals surface area (Å²) in [7, 11) is 1.55. The minimum atomic E-state index is -0.452. The number of amides is 2. The van der Waals surface area contributed by atoms with Crippen molar-refractivity contribution < 1.29 is 18.7 Å². The first-order chi connectivity index (χ1) is 14.8. The normalized spacial score (nSPS) is 10.9. The number of benzene rings is 2. The van der Waals surface area contributed by atoms with Gasteiger partial charge in [0.2, 0.25) is 5.91 Å². The van der Waals surface area contributed by atoms with Gasteiger partial charge in [-0.15, -0.1) is 0 Å². The highest BCUT2D eigenvalue weighted by molar-refractivity contribution is 5.96. The van der Waals surface area contributed by atoms with Gasteiger partial charge in [-0.2, -0.15) is 0 Å². The first-order valence-corrected chi connectivity index (χ1v) is 10.1. The molecule has 2 N–H and O–H groups in total. The van der Waals surface area contributed by atoms with Crippen molar-refractivity contribution in [1.82, 2.24) is 5.32 Å². The van der Waals surface area contributed by atoms with Gasteiger partial charge in [-0.25, -0.2) is 4.79 Å². The summed E-state index contributed by atoms with van der Waals surface area (Å²) < 4.78 is 10.6. The summed E-state index contributed by atoms with van der Waals surface area (Å²) in [5.74, 6) is 0.215. The number of carbonyl (C=O) groups excluding carboxylic acids is 2. The fourth-order valence-corrected chi connectivity index (χ4v) is 3.30. The van der Waals surface area contributed by atoms with Gasteiger partial charge < -0.3 is 19.8 Å². The van der Waals surface area contributed by atoms with E-state index in [4.69, 9.17) is 9.15 Å². The quantitative estimate of drug-likeness (QED) is 0.564. The van der Waals surface area contributed by atoms with Crippen LogP contribution >= 0.6 is 0 Å². The number of methoxy groups -OCH3 is 1. The molecular weight excluding hydrogens is 396 g/mol. The number of hydrogen-bond acceptors (Lipinski definition) is 5. The van der Waals surface area contributed by atoms with Crippen molar-refractivity contribution in [3.05, 3.63) is 69.6 Å². The Hall–Kier alpha value is -3.61. The van der Waals surface area contributed by atoms with Crippen LogP contribution < -0.4 is 21.0 Å². The Morgan fingerprint density at radius 1 is 1.10 bits per heavy atom. The summed E-state index contributed by atoms with van der Waals surface area (Å²) in [5, 5.41) is 6.42. The molecule has 7 nitrogen and oxygen atoms in total. The number of rotatable bonds is 7. The van der Waals surface area contributed by atoms with E-state index in [-0.39, 0.29) is 30.7 Å². The third-order valence-electron chi connectivity index (χ3n) is 4.95. The van der Waals surface area contributed by atoms with Crippen molar-refractivity contribution >= 4 is 28.5 Å². The summed E-state index contributed by atoms with van der Waals surface area (Å²) in [5.41, 5.74) is 2.38. The van der Waals surface area contributed by atoms with Crippen molar-refractivity contribution in [2.45, 2.75) is 39.7 Å². The Morgan fingerprint density at radius 3 is 2.45 bits per heavy atom. The van der Waals surface area contributed by atoms with Crippen LogP contribution in [0.2, 0.25) is 0 Å². The standard InChI is InChI=1S/C24H26N2O5/c1-14(2)25-23(28)16-5-7-17(8-6-16)26-22(27)12-11-20-15(3)19-10-9-18(30-4)13-21(19)31-24(20)29/h5-10,13-14H,11-12H2,1-4H3,(H,25,28)(H,26,27). The van der Waals surface area contributed by atoms with E-state index in [1.807, 2.05) is 26.8 Å². The first kappa shape index (κ1) is 22.1. The van der Waals surface area contributed by atoms with E-state index >= 15 is 0 Å². The summed E-state index contributed by atoms with van der Waals surface area (Å²) in [6.45, 7) is 5.63. The fraction of sp³-hybridized carbons (Fsp3) is 0.292. The van der Waals surface area contributed by atoms with Crippen LogP contribution in [0.15, 0.2) is 51.7 Å². The Morgan fingerprint density at radius 2 is 1.81 bits per heavy atom. The van der Waals surface area contributed by atoms with E-state index in [2.05, 4.69) is 10.6 Å². The predicted molar refractivity (Wildman–Crippen MR) is 120 cm³/mol. The molecule has 3 aromatic rings. The Balaban J connectivity index is 1.66. The van der Waals surface area contributed by atoms with Gasteiger partial charge in [-0.3, -0.25) is 9.59 Å². The van der Waals surface area contributed by atoms with Gasteiger partial charge in [-0.1, -0.05) is 0 Å². The predicted octanol–water partition coefficient (Wildman–Crippen LogP) is 3.82. The van der Waals surface area contributed by atoms with Gasteiger partial charge in [0.25, 0.3) is 5.91 Å². The zero-order valence-corrected chi connectivity index (χ0v) is 18.1. The third-order valence-corrected chi connectivity index (χ3v) is 4.95. The lowest BCUT2D eigenvalue weighted by Crippen LogP contribution is -2.30. The third kappa shape index (κ3) is 5.31. The molecule has 0 radical (unpaired) electrons. The van der Waals surface area contributed by atoms with Crippen LogP contribution in [0, 0.1) is 6.92 Å². The van der Waals surface area contributed by atoms with Crippen LogP contribution in [-0.2, 0) is 11.2 Å². The second-order valence-corrected chi connectivity index (χ2v) is 7.61. The Bertz CT molecular complexity index is 1160. The molecule has 31 heavy (non-hydrogen) atoms. The number of fused-ring (bicyclic) bond motifs is 1. The van der Waals surface area contributed by atoms with E-state index in [1.165, 1.54) is 0 Å². The van der Waals surface area contributed by atoms with Crippen LogP contribution in [0.4, 0.5) is 5.69 Å². The number of carbonyl (C=O) groups is 2. The van der Waals surface area contributed by atoms with Gasteiger partial charge >= 0.3 is 5.63 Å². The lowest BCUT2D eigenvalue weighted by molar-refractivity contribution is -0.116. The van der Waals surface area contributed by atoms with E-state index in [1.54, 1.807) is 43.5 Å². The first-order valence-electron chi connectivity index (χ1n) is 10.1. The maximum atomic E-state index is 12.4. The van der Waals surface area contributed by atoms with Crippen molar-refractivity contribution in [2.75, 3.05) is 12.4 Å². The van der Waals surface area contributed by atoms with Crippen molar-refractivity contribution in [3.63, 3.8) is 0 Å². The minimum absolute atomic E-state index is 0.0464. The molecular formula is C24H26N2O5. The highest BCUT2D eigenvalue weighted by Gasteiger charge is 2.14. The van der Waals surface area contributed by atoms with Gasteiger partial charge in [0.05, 0.1) is 7.11 Å². The fourth-order valence-electron chi connectivity index (χ4n) is 3.30. The Kier molecular flexibility index (Phi) is 6.74. The van der Waals surface area contributed by atoms with Gasteiger partial charge in [0.15, 0.2) is 0 Å². The van der Waals surface area contributed by atoms with Gasteiger partial charge in [0.1, 0.15) is 11.3 Å². The monoisotopic (exact) mass is 422 g/mol. The molecule has 3 rings (SSSR count). The van der Waals surface area contributed by atoms with E-state index in [0.29, 0.717) is 28.1 Å². The van der Waals surface area contributed by atoms with E-state index in [0.717, 1.165) is 10.9 Å².